The largest absolute Gasteiger partial charge is 0.481 e. The number of hydrogen-bond acceptors (Lipinski definition) is 5. The third-order valence-corrected chi connectivity index (χ3v) is 5.20. The van der Waals surface area contributed by atoms with Gasteiger partial charge in [0.25, 0.3) is 5.56 Å². The van der Waals surface area contributed by atoms with Crippen LogP contribution in [0.15, 0.2) is 4.79 Å². The van der Waals surface area contributed by atoms with Crippen molar-refractivity contribution in [2.45, 2.75) is 53.4 Å². The Hall–Kier alpha value is -2.76. The molecule has 0 radical (unpaired) electrons. The van der Waals surface area contributed by atoms with Crippen LogP contribution < -0.4 is 10.3 Å². The van der Waals surface area contributed by atoms with Crippen LogP contribution in [0.3, 0.4) is 0 Å². The molecule has 2 heterocycles. The second-order valence-corrected chi connectivity index (χ2v) is 6.91. The van der Waals surface area contributed by atoms with E-state index in [0.29, 0.717) is 41.0 Å². The Morgan fingerprint density at radius 2 is 1.48 bits per heavy atom. The Morgan fingerprint density at radius 3 is 2.04 bits per heavy atom. The van der Waals surface area contributed by atoms with Gasteiger partial charge in [-0.05, 0) is 37.8 Å². The van der Waals surface area contributed by atoms with E-state index in [1.54, 1.807) is 6.92 Å². The highest BCUT2D eigenvalue weighted by atomic mass is 16.5. The van der Waals surface area contributed by atoms with Gasteiger partial charge >= 0.3 is 0 Å². The van der Waals surface area contributed by atoms with Crippen molar-refractivity contribution in [2.24, 2.45) is 0 Å². The molecule has 6 heteroatoms. The Kier molecular flexibility index (Phi) is 5.00. The van der Waals surface area contributed by atoms with Gasteiger partial charge in [-0.2, -0.15) is 0 Å². The van der Waals surface area contributed by atoms with Gasteiger partial charge in [-0.1, -0.05) is 26.7 Å². The summed E-state index contributed by atoms with van der Waals surface area (Å²) in [5.74, 6) is -0.321. The fraction of sp³-hybridized carbons (Fsp3) is 0.429. The van der Waals surface area contributed by atoms with Crippen molar-refractivity contribution in [3.63, 3.8) is 0 Å². The van der Waals surface area contributed by atoms with Crippen molar-refractivity contribution in [3.8, 4) is 5.88 Å². The normalized spacial score (nSPS) is 12.8. The molecule has 142 valence electrons. The number of ketones is 2. The molecule has 0 amide bonds. The van der Waals surface area contributed by atoms with Crippen molar-refractivity contribution in [1.82, 2.24) is 9.97 Å². The molecule has 0 aromatic carbocycles. The van der Waals surface area contributed by atoms with Crippen molar-refractivity contribution in [1.29, 1.82) is 0 Å². The lowest BCUT2D eigenvalue weighted by molar-refractivity contribution is 0.0968. The first-order valence-electron chi connectivity index (χ1n) is 9.29. The summed E-state index contributed by atoms with van der Waals surface area (Å²) in [7, 11) is 1.49. The summed E-state index contributed by atoms with van der Waals surface area (Å²) >= 11 is 0. The fourth-order valence-corrected chi connectivity index (χ4v) is 3.84. The maximum Gasteiger partial charge on any atom is 0.251 e. The molecule has 0 fully saturated rings. The van der Waals surface area contributed by atoms with Gasteiger partial charge < -0.3 is 9.72 Å². The van der Waals surface area contributed by atoms with Crippen LogP contribution in [0.25, 0.3) is 0 Å². The van der Waals surface area contributed by atoms with Gasteiger partial charge in [0, 0.05) is 11.1 Å². The second-order valence-electron chi connectivity index (χ2n) is 6.91. The third-order valence-electron chi connectivity index (χ3n) is 5.20. The van der Waals surface area contributed by atoms with Gasteiger partial charge in [0.15, 0.2) is 5.78 Å². The Morgan fingerprint density at radius 1 is 0.889 bits per heavy atom. The van der Waals surface area contributed by atoms with Crippen LogP contribution in [0.2, 0.25) is 0 Å². The number of rotatable bonds is 5. The molecular weight excluding hydrogens is 344 g/mol. The summed E-state index contributed by atoms with van der Waals surface area (Å²) in [6, 6.07) is 0. The number of aromatic amines is 1. The number of nitrogens with zero attached hydrogens (tertiary/aromatic N) is 1. The molecule has 27 heavy (non-hydrogen) atoms. The van der Waals surface area contributed by atoms with E-state index in [-0.39, 0.29) is 22.7 Å². The average Bonchev–Trinajstić information content (AvgIpc) is 2.65. The number of H-pyrrole nitrogens is 1. The summed E-state index contributed by atoms with van der Waals surface area (Å²) < 4.78 is 5.33. The average molecular weight is 368 g/mol. The highest BCUT2D eigenvalue weighted by Gasteiger charge is 2.37. The zero-order valence-electron chi connectivity index (χ0n) is 16.4. The van der Waals surface area contributed by atoms with Crippen LogP contribution in [0.1, 0.15) is 81.0 Å². The predicted molar refractivity (Wildman–Crippen MR) is 102 cm³/mol. The Labute approximate surface area is 158 Å². The molecular formula is C21H24N2O4. The third kappa shape index (κ3) is 2.80. The van der Waals surface area contributed by atoms with Gasteiger partial charge in [0.2, 0.25) is 11.7 Å². The lowest BCUT2D eigenvalue weighted by Gasteiger charge is -2.24. The van der Waals surface area contributed by atoms with Crippen molar-refractivity contribution >= 4 is 11.6 Å². The minimum atomic E-state index is -0.426. The SMILES string of the molecule is CCCc1c(C)c(OC)nc2c1C(=O)c1c([nH]c(=O)c(C)c1CCC)C2=O. The number of carbonyl (C=O) groups is 2. The summed E-state index contributed by atoms with van der Waals surface area (Å²) in [6.07, 6.45) is 2.80. The smallest absolute Gasteiger partial charge is 0.251 e. The molecule has 6 nitrogen and oxygen atoms in total. The van der Waals surface area contributed by atoms with E-state index in [4.69, 9.17) is 4.74 Å². The maximum absolute atomic E-state index is 13.5. The second kappa shape index (κ2) is 7.10. The van der Waals surface area contributed by atoms with Crippen LogP contribution in [0.5, 0.6) is 5.88 Å². The van der Waals surface area contributed by atoms with Crippen LogP contribution in [0, 0.1) is 13.8 Å². The topological polar surface area (TPSA) is 89.1 Å². The molecule has 3 rings (SSSR count). The number of ether oxygens (including phenoxy) is 1. The molecule has 0 aliphatic heterocycles. The summed E-state index contributed by atoms with van der Waals surface area (Å²) in [5.41, 5.74) is 3.20. The Balaban J connectivity index is 2.40. The quantitative estimate of drug-likeness (QED) is 0.747. The summed E-state index contributed by atoms with van der Waals surface area (Å²) in [4.78, 5) is 45.9. The molecule has 1 aliphatic rings. The van der Waals surface area contributed by atoms with Crippen molar-refractivity contribution < 1.29 is 14.3 Å². The number of fused-ring (bicyclic) bond motifs is 2. The highest BCUT2D eigenvalue weighted by Crippen LogP contribution is 2.35. The van der Waals surface area contributed by atoms with E-state index in [1.165, 1.54) is 7.11 Å². The molecule has 2 aromatic heterocycles. The minimum absolute atomic E-state index is 0.0485. The van der Waals surface area contributed by atoms with E-state index in [0.717, 1.165) is 24.0 Å². The standard InChI is InChI=1S/C21H24N2O4/c1-6-8-12-10(3)20(26)22-16-14(12)18(24)15-13(9-7-2)11(4)21(27-5)23-17(15)19(16)25/h6-9H2,1-5H3,(H,22,26). The number of pyridine rings is 2. The molecule has 2 aromatic rings. The summed E-state index contributed by atoms with van der Waals surface area (Å²) in [5, 5.41) is 0. The Bertz CT molecular complexity index is 1020. The fourth-order valence-electron chi connectivity index (χ4n) is 3.84. The first-order chi connectivity index (χ1) is 12.9. The lowest BCUT2D eigenvalue weighted by Crippen LogP contribution is -2.31. The minimum Gasteiger partial charge on any atom is -0.481 e. The zero-order valence-corrected chi connectivity index (χ0v) is 16.4. The van der Waals surface area contributed by atoms with E-state index in [1.807, 2.05) is 20.8 Å². The maximum atomic E-state index is 13.5. The van der Waals surface area contributed by atoms with Crippen molar-refractivity contribution in [3.05, 3.63) is 55.1 Å². The highest BCUT2D eigenvalue weighted by molar-refractivity contribution is 6.28. The summed E-state index contributed by atoms with van der Waals surface area (Å²) in [6.45, 7) is 7.55. The first kappa shape index (κ1) is 19.0. The van der Waals surface area contributed by atoms with E-state index < -0.39 is 5.78 Å². The van der Waals surface area contributed by atoms with Gasteiger partial charge in [-0.25, -0.2) is 4.98 Å². The predicted octanol–water partition coefficient (Wildman–Crippen LogP) is 3.08. The van der Waals surface area contributed by atoms with Gasteiger partial charge in [-0.15, -0.1) is 0 Å². The van der Waals surface area contributed by atoms with E-state index in [9.17, 15) is 14.4 Å². The monoisotopic (exact) mass is 368 g/mol. The molecule has 0 bridgehead atoms. The number of aromatic nitrogens is 2. The van der Waals surface area contributed by atoms with Crippen LogP contribution >= 0.6 is 0 Å². The number of methoxy groups -OCH3 is 1. The molecule has 1 N–H and O–H groups in total. The molecule has 0 atom stereocenters. The van der Waals surface area contributed by atoms with Gasteiger partial charge in [0.05, 0.1) is 18.2 Å². The molecule has 0 saturated carbocycles. The van der Waals surface area contributed by atoms with E-state index in [2.05, 4.69) is 9.97 Å². The van der Waals surface area contributed by atoms with Crippen LogP contribution in [-0.4, -0.2) is 28.6 Å². The van der Waals surface area contributed by atoms with E-state index >= 15 is 0 Å². The molecule has 0 spiro atoms. The molecule has 1 aliphatic carbocycles. The molecule has 0 unspecified atom stereocenters. The van der Waals surface area contributed by atoms with Gasteiger partial charge in [0.1, 0.15) is 11.4 Å². The first-order valence-corrected chi connectivity index (χ1v) is 9.29. The van der Waals surface area contributed by atoms with Crippen molar-refractivity contribution in [2.75, 3.05) is 7.11 Å². The zero-order chi connectivity index (χ0) is 19.9. The molecule has 0 saturated heterocycles. The van der Waals surface area contributed by atoms with Gasteiger partial charge in [-0.3, -0.25) is 14.4 Å². The number of hydrogen-bond donors (Lipinski definition) is 1. The number of nitrogens with one attached hydrogen (secondary N) is 1. The lowest BCUT2D eigenvalue weighted by atomic mass is 9.81. The van der Waals surface area contributed by atoms with Crippen LogP contribution in [-0.2, 0) is 12.8 Å². The number of carbonyl (C=O) groups excluding carboxylic acids is 2. The van der Waals surface area contributed by atoms with Crippen LogP contribution in [0.4, 0.5) is 0 Å².